The highest BCUT2D eigenvalue weighted by atomic mass is 16.5. The van der Waals surface area contributed by atoms with Crippen molar-refractivity contribution in [2.75, 3.05) is 37.9 Å². The zero-order chi connectivity index (χ0) is 12.7. The van der Waals surface area contributed by atoms with Crippen LogP contribution in [0.5, 0.6) is 5.88 Å². The van der Waals surface area contributed by atoms with Crippen molar-refractivity contribution in [3.05, 3.63) is 24.3 Å². The van der Waals surface area contributed by atoms with Crippen LogP contribution in [0.1, 0.15) is 6.92 Å². The van der Waals surface area contributed by atoms with Gasteiger partial charge < -0.3 is 20.5 Å². The number of nitrogens with zero attached hydrogens (tertiary/aromatic N) is 1. The van der Waals surface area contributed by atoms with Gasteiger partial charge in [-0.05, 0) is 13.0 Å². The Balaban J connectivity index is 2.38. The molecule has 5 heteroatoms. The van der Waals surface area contributed by atoms with E-state index in [0.29, 0.717) is 37.1 Å². The first kappa shape index (κ1) is 13.3. The van der Waals surface area contributed by atoms with Crippen LogP contribution in [0, 0.1) is 0 Å². The predicted octanol–water partition coefficient (Wildman–Crippen LogP) is 1.68. The Kier molecular flexibility index (Phi) is 5.29. The number of hydrogen-bond acceptors (Lipinski definition) is 5. The highest BCUT2D eigenvalue weighted by Gasteiger charge is 2.02. The molecule has 0 saturated heterocycles. The van der Waals surface area contributed by atoms with Crippen molar-refractivity contribution in [2.24, 2.45) is 0 Å². The van der Waals surface area contributed by atoms with E-state index in [0.717, 1.165) is 5.57 Å². The Labute approximate surface area is 102 Å². The van der Waals surface area contributed by atoms with Crippen molar-refractivity contribution in [2.45, 2.75) is 6.92 Å². The average Bonchev–Trinajstić information content (AvgIpc) is 2.30. The summed E-state index contributed by atoms with van der Waals surface area (Å²) in [5.74, 6) is 1.15. The van der Waals surface area contributed by atoms with E-state index in [1.807, 2.05) is 6.92 Å². The maximum absolute atomic E-state index is 5.77. The minimum absolute atomic E-state index is 0.532. The molecule has 0 unspecified atom stereocenters. The third kappa shape index (κ3) is 4.74. The molecular formula is C12H19N3O2. The first-order valence-corrected chi connectivity index (χ1v) is 5.40. The van der Waals surface area contributed by atoms with E-state index in [2.05, 4.69) is 16.9 Å². The van der Waals surface area contributed by atoms with Gasteiger partial charge in [-0.3, -0.25) is 0 Å². The molecule has 0 saturated carbocycles. The number of methoxy groups -OCH3 is 1. The Morgan fingerprint density at radius 1 is 1.53 bits per heavy atom. The molecule has 17 heavy (non-hydrogen) atoms. The molecule has 0 atom stereocenters. The Morgan fingerprint density at radius 2 is 2.29 bits per heavy atom. The molecule has 5 nitrogen and oxygen atoms in total. The molecule has 0 aliphatic carbocycles. The van der Waals surface area contributed by atoms with Gasteiger partial charge in [0.25, 0.3) is 0 Å². The van der Waals surface area contributed by atoms with Crippen LogP contribution in [-0.4, -0.2) is 31.9 Å². The lowest BCUT2D eigenvalue weighted by atomic mass is 10.4. The first-order chi connectivity index (χ1) is 8.13. The topological polar surface area (TPSA) is 69.4 Å². The van der Waals surface area contributed by atoms with Gasteiger partial charge in [0, 0.05) is 12.6 Å². The van der Waals surface area contributed by atoms with E-state index < -0.39 is 0 Å². The van der Waals surface area contributed by atoms with E-state index in [1.165, 1.54) is 0 Å². The molecule has 0 aliphatic rings. The molecule has 0 spiro atoms. The maximum Gasteiger partial charge on any atom is 0.215 e. The highest BCUT2D eigenvalue weighted by molar-refractivity contribution is 5.61. The van der Waals surface area contributed by atoms with Crippen molar-refractivity contribution in [1.82, 2.24) is 4.98 Å². The number of hydrogen-bond donors (Lipinski definition) is 2. The second-order valence-corrected chi connectivity index (χ2v) is 3.73. The van der Waals surface area contributed by atoms with Crippen LogP contribution in [-0.2, 0) is 4.74 Å². The monoisotopic (exact) mass is 237 g/mol. The van der Waals surface area contributed by atoms with Gasteiger partial charge in [-0.1, -0.05) is 12.2 Å². The minimum Gasteiger partial charge on any atom is -0.481 e. The maximum atomic E-state index is 5.77. The molecule has 1 heterocycles. The minimum atomic E-state index is 0.532. The number of nitrogen functional groups attached to an aromatic ring is 1. The van der Waals surface area contributed by atoms with Crippen LogP contribution in [0.15, 0.2) is 24.3 Å². The van der Waals surface area contributed by atoms with Gasteiger partial charge in [-0.25, -0.2) is 0 Å². The lowest BCUT2D eigenvalue weighted by Crippen LogP contribution is -2.12. The quantitative estimate of drug-likeness (QED) is 0.557. The zero-order valence-corrected chi connectivity index (χ0v) is 10.3. The van der Waals surface area contributed by atoms with Gasteiger partial charge in [-0.15, -0.1) is 0 Å². The van der Waals surface area contributed by atoms with Gasteiger partial charge in [0.15, 0.2) is 5.82 Å². The predicted molar refractivity (Wildman–Crippen MR) is 69.3 cm³/mol. The molecule has 0 fully saturated rings. The van der Waals surface area contributed by atoms with E-state index in [-0.39, 0.29) is 0 Å². The summed E-state index contributed by atoms with van der Waals surface area (Å²) in [6.07, 6.45) is 0. The molecule has 0 aromatic carbocycles. The summed E-state index contributed by atoms with van der Waals surface area (Å²) in [5, 5.41) is 3.09. The van der Waals surface area contributed by atoms with Gasteiger partial charge in [0.05, 0.1) is 26.0 Å². The summed E-state index contributed by atoms with van der Waals surface area (Å²) in [4.78, 5) is 4.19. The summed E-state index contributed by atoms with van der Waals surface area (Å²) in [7, 11) is 1.57. The van der Waals surface area contributed by atoms with Crippen LogP contribution < -0.4 is 15.8 Å². The van der Waals surface area contributed by atoms with E-state index in [9.17, 15) is 0 Å². The zero-order valence-electron chi connectivity index (χ0n) is 10.3. The number of aromatic nitrogens is 1. The summed E-state index contributed by atoms with van der Waals surface area (Å²) in [5.41, 5.74) is 7.36. The normalized spacial score (nSPS) is 10.0. The third-order valence-corrected chi connectivity index (χ3v) is 2.00. The van der Waals surface area contributed by atoms with Crippen molar-refractivity contribution in [3.8, 4) is 5.88 Å². The SMILES string of the molecule is C=C(C)COCCNc1nc(OC)ccc1N. The molecule has 0 amide bonds. The molecule has 94 valence electrons. The lowest BCUT2D eigenvalue weighted by Gasteiger charge is -2.10. The fraction of sp³-hybridized carbons (Fsp3) is 0.417. The van der Waals surface area contributed by atoms with Crippen LogP contribution in [0.25, 0.3) is 0 Å². The van der Waals surface area contributed by atoms with E-state index in [4.69, 9.17) is 15.2 Å². The van der Waals surface area contributed by atoms with Crippen LogP contribution >= 0.6 is 0 Å². The molecular weight excluding hydrogens is 218 g/mol. The van der Waals surface area contributed by atoms with Gasteiger partial charge >= 0.3 is 0 Å². The lowest BCUT2D eigenvalue weighted by molar-refractivity contribution is 0.167. The van der Waals surface area contributed by atoms with Crippen molar-refractivity contribution in [1.29, 1.82) is 0 Å². The van der Waals surface area contributed by atoms with Gasteiger partial charge in [-0.2, -0.15) is 4.98 Å². The number of anilines is 2. The van der Waals surface area contributed by atoms with E-state index >= 15 is 0 Å². The molecule has 1 aromatic rings. The molecule has 0 aliphatic heterocycles. The van der Waals surface area contributed by atoms with E-state index in [1.54, 1.807) is 19.2 Å². The Bertz CT molecular complexity index is 380. The Hall–Kier alpha value is -1.75. The Morgan fingerprint density at radius 3 is 2.94 bits per heavy atom. The van der Waals surface area contributed by atoms with Crippen molar-refractivity contribution in [3.63, 3.8) is 0 Å². The number of ether oxygens (including phenoxy) is 2. The number of pyridine rings is 1. The standard InChI is InChI=1S/C12H19N3O2/c1-9(2)8-17-7-6-14-12-10(13)4-5-11(15-12)16-3/h4-5H,1,6-8,13H2,2-3H3,(H,14,15). The fourth-order valence-electron chi connectivity index (χ4n) is 1.20. The van der Waals surface area contributed by atoms with Crippen LogP contribution in [0.4, 0.5) is 11.5 Å². The van der Waals surface area contributed by atoms with Gasteiger partial charge in [0.1, 0.15) is 0 Å². The molecule has 1 rings (SSSR count). The number of rotatable bonds is 7. The number of nitrogens with two attached hydrogens (primary N) is 1. The average molecular weight is 237 g/mol. The molecule has 1 aromatic heterocycles. The largest absolute Gasteiger partial charge is 0.481 e. The fourth-order valence-corrected chi connectivity index (χ4v) is 1.20. The third-order valence-electron chi connectivity index (χ3n) is 2.00. The summed E-state index contributed by atoms with van der Waals surface area (Å²) in [6, 6.07) is 3.47. The molecule has 0 bridgehead atoms. The van der Waals surface area contributed by atoms with Crippen LogP contribution in [0.3, 0.4) is 0 Å². The summed E-state index contributed by atoms with van der Waals surface area (Å²) in [6.45, 7) is 7.46. The van der Waals surface area contributed by atoms with Crippen LogP contribution in [0.2, 0.25) is 0 Å². The highest BCUT2D eigenvalue weighted by Crippen LogP contribution is 2.18. The number of nitrogens with one attached hydrogen (secondary N) is 1. The smallest absolute Gasteiger partial charge is 0.215 e. The first-order valence-electron chi connectivity index (χ1n) is 5.40. The summed E-state index contributed by atoms with van der Waals surface area (Å²) >= 11 is 0. The second kappa shape index (κ2) is 6.75. The molecule has 0 radical (unpaired) electrons. The van der Waals surface area contributed by atoms with Crippen molar-refractivity contribution >= 4 is 11.5 Å². The van der Waals surface area contributed by atoms with Gasteiger partial charge in [0.2, 0.25) is 5.88 Å². The van der Waals surface area contributed by atoms with Crippen molar-refractivity contribution < 1.29 is 9.47 Å². The molecule has 3 N–H and O–H groups in total. The summed E-state index contributed by atoms with van der Waals surface area (Å²) < 4.78 is 10.4. The second-order valence-electron chi connectivity index (χ2n) is 3.73.